The Balaban J connectivity index is 3.02. The van der Waals surface area contributed by atoms with E-state index in [1.165, 1.54) is 0 Å². The summed E-state index contributed by atoms with van der Waals surface area (Å²) in [5.41, 5.74) is 1.97. The van der Waals surface area contributed by atoms with Crippen LogP contribution in [0.4, 0.5) is 0 Å². The zero-order valence-electron chi connectivity index (χ0n) is 8.29. The molecule has 0 amide bonds. The average molecular weight is 185 g/mol. The molecule has 0 atom stereocenters. The maximum Gasteiger partial charge on any atom is 0.134 e. The Hall–Kier alpha value is -1.93. The van der Waals surface area contributed by atoms with Gasteiger partial charge in [0.2, 0.25) is 0 Å². The second-order valence-electron chi connectivity index (χ2n) is 2.84. The Morgan fingerprint density at radius 3 is 2.86 bits per heavy atom. The molecule has 14 heavy (non-hydrogen) atoms. The van der Waals surface area contributed by atoms with Crippen LogP contribution in [0.2, 0.25) is 0 Å². The molecule has 0 aliphatic carbocycles. The first kappa shape index (κ1) is 10.2. The van der Waals surface area contributed by atoms with Gasteiger partial charge >= 0.3 is 0 Å². The molecule has 0 saturated carbocycles. The van der Waals surface area contributed by atoms with Crippen molar-refractivity contribution in [3.63, 3.8) is 0 Å². The predicted octanol–water partition coefficient (Wildman–Crippen LogP) is 2.27. The number of rotatable bonds is 1. The van der Waals surface area contributed by atoms with Crippen LogP contribution in [0.1, 0.15) is 17.5 Å². The van der Waals surface area contributed by atoms with E-state index in [1.807, 2.05) is 31.2 Å². The Kier molecular flexibility index (Phi) is 3.58. The van der Waals surface area contributed by atoms with Gasteiger partial charge in [-0.3, -0.25) is 0 Å². The highest BCUT2D eigenvalue weighted by atomic mass is 16.5. The van der Waals surface area contributed by atoms with Gasteiger partial charge < -0.3 is 4.74 Å². The molecule has 0 unspecified atom stereocenters. The van der Waals surface area contributed by atoms with Crippen molar-refractivity contribution in [3.8, 4) is 23.7 Å². The van der Waals surface area contributed by atoms with Crippen LogP contribution >= 0.6 is 0 Å². The number of hydrogen-bond acceptors (Lipinski definition) is 2. The maximum absolute atomic E-state index is 8.34. The van der Waals surface area contributed by atoms with Gasteiger partial charge in [0.25, 0.3) is 0 Å². The van der Waals surface area contributed by atoms with Crippen molar-refractivity contribution < 1.29 is 4.74 Å². The maximum atomic E-state index is 8.34. The monoisotopic (exact) mass is 185 g/mol. The lowest BCUT2D eigenvalue weighted by atomic mass is 10.1. The summed E-state index contributed by atoms with van der Waals surface area (Å²) < 4.78 is 5.15. The normalized spacial score (nSPS) is 8.36. The van der Waals surface area contributed by atoms with Gasteiger partial charge in [-0.15, -0.1) is 0 Å². The SMILES string of the molecule is COc1ccc(C)cc1C#CCC#N. The quantitative estimate of drug-likeness (QED) is 0.629. The lowest BCUT2D eigenvalue weighted by Crippen LogP contribution is -1.88. The molecule has 2 nitrogen and oxygen atoms in total. The second-order valence-corrected chi connectivity index (χ2v) is 2.84. The molecule has 70 valence electrons. The van der Waals surface area contributed by atoms with Crippen LogP contribution in [0.15, 0.2) is 18.2 Å². The van der Waals surface area contributed by atoms with Crippen LogP contribution in [0.25, 0.3) is 0 Å². The third-order valence-electron chi connectivity index (χ3n) is 1.75. The molecule has 0 aromatic heterocycles. The molecule has 0 spiro atoms. The number of methoxy groups -OCH3 is 1. The number of aryl methyl sites for hydroxylation is 1. The fourth-order valence-electron chi connectivity index (χ4n) is 1.10. The first-order valence-corrected chi connectivity index (χ1v) is 4.28. The Labute approximate surface area is 84.1 Å². The van der Waals surface area contributed by atoms with Crippen molar-refractivity contribution in [2.45, 2.75) is 13.3 Å². The van der Waals surface area contributed by atoms with E-state index in [4.69, 9.17) is 10.00 Å². The summed E-state index contributed by atoms with van der Waals surface area (Å²) in [6.07, 6.45) is 0.247. The first-order chi connectivity index (χ1) is 6.77. The first-order valence-electron chi connectivity index (χ1n) is 4.28. The second kappa shape index (κ2) is 4.94. The number of nitrogens with zero attached hydrogens (tertiary/aromatic N) is 1. The summed E-state index contributed by atoms with van der Waals surface area (Å²) in [4.78, 5) is 0. The molecular weight excluding hydrogens is 174 g/mol. The van der Waals surface area contributed by atoms with E-state index in [-0.39, 0.29) is 6.42 Å². The fraction of sp³-hybridized carbons (Fsp3) is 0.250. The average Bonchev–Trinajstić information content (AvgIpc) is 2.19. The Morgan fingerprint density at radius 1 is 1.43 bits per heavy atom. The minimum absolute atomic E-state index is 0.247. The van der Waals surface area contributed by atoms with Gasteiger partial charge in [0.15, 0.2) is 0 Å². The molecule has 1 aromatic rings. The van der Waals surface area contributed by atoms with Crippen molar-refractivity contribution in [3.05, 3.63) is 29.3 Å². The topological polar surface area (TPSA) is 33.0 Å². The molecule has 0 aliphatic rings. The van der Waals surface area contributed by atoms with E-state index in [9.17, 15) is 0 Å². The molecule has 0 fully saturated rings. The molecule has 0 bridgehead atoms. The summed E-state index contributed by atoms with van der Waals surface area (Å²) in [6.45, 7) is 1.99. The van der Waals surface area contributed by atoms with Crippen LogP contribution in [-0.2, 0) is 0 Å². The van der Waals surface area contributed by atoms with Crippen molar-refractivity contribution in [2.24, 2.45) is 0 Å². The minimum atomic E-state index is 0.247. The lowest BCUT2D eigenvalue weighted by molar-refractivity contribution is 0.413. The van der Waals surface area contributed by atoms with Crippen LogP contribution in [0.5, 0.6) is 5.75 Å². The number of benzene rings is 1. The predicted molar refractivity (Wildman–Crippen MR) is 54.8 cm³/mol. The van der Waals surface area contributed by atoms with Gasteiger partial charge in [0.05, 0.1) is 25.2 Å². The molecule has 0 aliphatic heterocycles. The highest BCUT2D eigenvalue weighted by Gasteiger charge is 1.98. The molecule has 0 saturated heterocycles. The van der Waals surface area contributed by atoms with Gasteiger partial charge in [-0.2, -0.15) is 5.26 Å². The highest BCUT2D eigenvalue weighted by molar-refractivity contribution is 5.48. The Bertz CT molecular complexity index is 418. The van der Waals surface area contributed by atoms with Gasteiger partial charge in [0, 0.05) is 0 Å². The molecule has 2 heteroatoms. The van der Waals surface area contributed by atoms with Crippen molar-refractivity contribution in [1.82, 2.24) is 0 Å². The van der Waals surface area contributed by atoms with Crippen LogP contribution < -0.4 is 4.74 Å². The zero-order chi connectivity index (χ0) is 10.4. The van der Waals surface area contributed by atoms with E-state index in [0.717, 1.165) is 16.9 Å². The summed E-state index contributed by atoms with van der Waals surface area (Å²) in [7, 11) is 1.61. The summed E-state index contributed by atoms with van der Waals surface area (Å²) in [6, 6.07) is 7.77. The molecule has 0 radical (unpaired) electrons. The largest absolute Gasteiger partial charge is 0.495 e. The van der Waals surface area contributed by atoms with Gasteiger partial charge in [-0.1, -0.05) is 17.9 Å². The molecule has 0 heterocycles. The van der Waals surface area contributed by atoms with E-state index < -0.39 is 0 Å². The lowest BCUT2D eigenvalue weighted by Gasteiger charge is -2.03. The van der Waals surface area contributed by atoms with E-state index in [2.05, 4.69) is 11.8 Å². The number of ether oxygens (including phenoxy) is 1. The third kappa shape index (κ3) is 2.54. The number of nitriles is 1. The molecular formula is C12H11NO. The van der Waals surface area contributed by atoms with Crippen molar-refractivity contribution in [1.29, 1.82) is 5.26 Å². The molecule has 1 rings (SSSR count). The Morgan fingerprint density at radius 2 is 2.21 bits per heavy atom. The van der Waals surface area contributed by atoms with Crippen molar-refractivity contribution in [2.75, 3.05) is 7.11 Å². The van der Waals surface area contributed by atoms with E-state index >= 15 is 0 Å². The van der Waals surface area contributed by atoms with E-state index in [0.29, 0.717) is 0 Å². The van der Waals surface area contributed by atoms with Crippen LogP contribution in [-0.4, -0.2) is 7.11 Å². The summed E-state index contributed by atoms with van der Waals surface area (Å²) in [5, 5.41) is 8.34. The smallest absolute Gasteiger partial charge is 0.134 e. The van der Waals surface area contributed by atoms with E-state index in [1.54, 1.807) is 7.11 Å². The van der Waals surface area contributed by atoms with Gasteiger partial charge in [-0.25, -0.2) is 0 Å². The van der Waals surface area contributed by atoms with Crippen molar-refractivity contribution >= 4 is 0 Å². The summed E-state index contributed by atoms with van der Waals surface area (Å²) >= 11 is 0. The van der Waals surface area contributed by atoms with Gasteiger partial charge in [-0.05, 0) is 24.6 Å². The van der Waals surface area contributed by atoms with Crippen LogP contribution in [0, 0.1) is 30.1 Å². The molecule has 1 aromatic carbocycles. The zero-order valence-corrected chi connectivity index (χ0v) is 8.29. The molecule has 0 N–H and O–H groups in total. The third-order valence-corrected chi connectivity index (χ3v) is 1.75. The highest BCUT2D eigenvalue weighted by Crippen LogP contribution is 2.18. The summed E-state index contributed by atoms with van der Waals surface area (Å²) in [5.74, 6) is 6.42. The minimum Gasteiger partial charge on any atom is -0.495 e. The van der Waals surface area contributed by atoms with Gasteiger partial charge in [0.1, 0.15) is 5.75 Å². The number of hydrogen-bond donors (Lipinski definition) is 0. The van der Waals surface area contributed by atoms with Crippen LogP contribution in [0.3, 0.4) is 0 Å². The fourth-order valence-corrected chi connectivity index (χ4v) is 1.10. The standard InChI is InChI=1S/C12H11NO/c1-10-6-7-12(14-2)11(9-10)5-3-4-8-13/h6-7,9H,4H2,1-2H3.